The summed E-state index contributed by atoms with van der Waals surface area (Å²) in [5.74, 6) is 0.816. The van der Waals surface area contributed by atoms with Crippen LogP contribution in [0.3, 0.4) is 0 Å². The Kier molecular flexibility index (Phi) is 4.64. The van der Waals surface area contributed by atoms with Crippen LogP contribution in [-0.4, -0.2) is 24.0 Å². The minimum Gasteiger partial charge on any atom is -0.329 e. The van der Waals surface area contributed by atoms with Crippen LogP contribution >= 0.6 is 0 Å². The first-order chi connectivity index (χ1) is 9.01. The highest BCUT2D eigenvalue weighted by atomic mass is 15.2. The molecule has 2 heteroatoms. The maximum atomic E-state index is 5.99. The van der Waals surface area contributed by atoms with Gasteiger partial charge in [-0.1, -0.05) is 36.2 Å². The van der Waals surface area contributed by atoms with Crippen molar-refractivity contribution in [3.63, 3.8) is 0 Å². The highest BCUT2D eigenvalue weighted by Gasteiger charge is 2.29. The number of nitrogens with zero attached hydrogens (tertiary/aromatic N) is 1. The zero-order valence-corrected chi connectivity index (χ0v) is 12.8. The van der Waals surface area contributed by atoms with E-state index in [1.165, 1.54) is 36.1 Å². The third kappa shape index (κ3) is 3.37. The van der Waals surface area contributed by atoms with Crippen LogP contribution in [0.1, 0.15) is 49.4 Å². The van der Waals surface area contributed by atoms with Gasteiger partial charge in [0, 0.05) is 18.6 Å². The van der Waals surface area contributed by atoms with Crippen LogP contribution in [0.25, 0.3) is 0 Å². The fraction of sp³-hybridized carbons (Fsp3) is 0.647. The van der Waals surface area contributed by atoms with Gasteiger partial charge in [-0.2, -0.15) is 0 Å². The van der Waals surface area contributed by atoms with E-state index >= 15 is 0 Å². The van der Waals surface area contributed by atoms with Crippen molar-refractivity contribution in [2.24, 2.45) is 11.7 Å². The van der Waals surface area contributed by atoms with Gasteiger partial charge in [-0.15, -0.1) is 0 Å². The molecule has 2 rings (SSSR count). The SMILES string of the molecule is Cc1cc(C)cc(C(C)N2CCC(C)CC2CN)c1. The molecule has 1 fully saturated rings. The van der Waals surface area contributed by atoms with E-state index in [0.29, 0.717) is 12.1 Å². The van der Waals surface area contributed by atoms with Crippen molar-refractivity contribution >= 4 is 0 Å². The maximum Gasteiger partial charge on any atom is 0.0323 e. The summed E-state index contributed by atoms with van der Waals surface area (Å²) < 4.78 is 0. The fourth-order valence-corrected chi connectivity index (χ4v) is 3.45. The number of rotatable bonds is 3. The Labute approximate surface area is 118 Å². The molecule has 1 aliphatic heterocycles. The summed E-state index contributed by atoms with van der Waals surface area (Å²) in [5, 5.41) is 0. The zero-order valence-electron chi connectivity index (χ0n) is 12.8. The minimum absolute atomic E-state index is 0.472. The van der Waals surface area contributed by atoms with Crippen LogP contribution in [0.5, 0.6) is 0 Å². The Morgan fingerprint density at radius 2 is 1.89 bits per heavy atom. The predicted molar refractivity (Wildman–Crippen MR) is 82.3 cm³/mol. The van der Waals surface area contributed by atoms with E-state index in [4.69, 9.17) is 5.73 Å². The van der Waals surface area contributed by atoms with Gasteiger partial charge in [-0.05, 0) is 51.6 Å². The highest BCUT2D eigenvalue weighted by Crippen LogP contribution is 2.31. The van der Waals surface area contributed by atoms with Gasteiger partial charge in [0.25, 0.3) is 0 Å². The van der Waals surface area contributed by atoms with Crippen LogP contribution in [0.2, 0.25) is 0 Å². The standard InChI is InChI=1S/C17H28N2/c1-12-5-6-19(17(10-12)11-18)15(4)16-8-13(2)7-14(3)9-16/h7-9,12,15,17H,5-6,10-11,18H2,1-4H3. The number of piperidine rings is 1. The highest BCUT2D eigenvalue weighted by molar-refractivity contribution is 5.30. The third-order valence-corrected chi connectivity index (χ3v) is 4.52. The average molecular weight is 260 g/mol. The van der Waals surface area contributed by atoms with E-state index in [0.717, 1.165) is 12.5 Å². The Balaban J connectivity index is 2.19. The second kappa shape index (κ2) is 6.06. The van der Waals surface area contributed by atoms with Gasteiger partial charge in [0.15, 0.2) is 0 Å². The van der Waals surface area contributed by atoms with Crippen LogP contribution in [0.4, 0.5) is 0 Å². The number of hydrogen-bond acceptors (Lipinski definition) is 2. The number of aryl methyl sites for hydroxylation is 2. The smallest absolute Gasteiger partial charge is 0.0323 e. The monoisotopic (exact) mass is 260 g/mol. The molecular formula is C17H28N2. The molecule has 1 saturated heterocycles. The number of hydrogen-bond donors (Lipinski definition) is 1. The Morgan fingerprint density at radius 1 is 1.26 bits per heavy atom. The van der Waals surface area contributed by atoms with Crippen LogP contribution in [0.15, 0.2) is 18.2 Å². The van der Waals surface area contributed by atoms with Gasteiger partial charge in [-0.25, -0.2) is 0 Å². The summed E-state index contributed by atoms with van der Waals surface area (Å²) in [4.78, 5) is 2.61. The number of benzene rings is 1. The molecule has 0 spiro atoms. The quantitative estimate of drug-likeness (QED) is 0.902. The molecule has 2 nitrogen and oxygen atoms in total. The first-order valence-corrected chi connectivity index (χ1v) is 7.55. The molecule has 1 heterocycles. The lowest BCUT2D eigenvalue weighted by Crippen LogP contribution is -2.47. The van der Waals surface area contributed by atoms with Crippen molar-refractivity contribution in [3.05, 3.63) is 34.9 Å². The minimum atomic E-state index is 0.472. The van der Waals surface area contributed by atoms with E-state index in [1.54, 1.807) is 0 Å². The normalized spacial score (nSPS) is 26.4. The fourth-order valence-electron chi connectivity index (χ4n) is 3.45. The largest absolute Gasteiger partial charge is 0.329 e. The lowest BCUT2D eigenvalue weighted by molar-refractivity contribution is 0.0834. The van der Waals surface area contributed by atoms with E-state index < -0.39 is 0 Å². The summed E-state index contributed by atoms with van der Waals surface area (Å²) in [6, 6.07) is 7.90. The molecule has 2 N–H and O–H groups in total. The topological polar surface area (TPSA) is 29.3 Å². The summed E-state index contributed by atoms with van der Waals surface area (Å²) in [6.07, 6.45) is 2.54. The van der Waals surface area contributed by atoms with Gasteiger partial charge in [0.05, 0.1) is 0 Å². The van der Waals surface area contributed by atoms with E-state index in [9.17, 15) is 0 Å². The van der Waals surface area contributed by atoms with Crippen LogP contribution in [0, 0.1) is 19.8 Å². The summed E-state index contributed by atoms with van der Waals surface area (Å²) in [6.45, 7) is 11.0. The number of nitrogens with two attached hydrogens (primary N) is 1. The zero-order chi connectivity index (χ0) is 14.0. The molecule has 0 saturated carbocycles. The van der Waals surface area contributed by atoms with Gasteiger partial charge in [0.2, 0.25) is 0 Å². The van der Waals surface area contributed by atoms with Crippen LogP contribution in [-0.2, 0) is 0 Å². The van der Waals surface area contributed by atoms with Gasteiger partial charge in [0.1, 0.15) is 0 Å². The lowest BCUT2D eigenvalue weighted by Gasteiger charge is -2.42. The third-order valence-electron chi connectivity index (χ3n) is 4.52. The Bertz CT molecular complexity index is 407. The predicted octanol–water partition coefficient (Wildman–Crippen LogP) is 3.42. The summed E-state index contributed by atoms with van der Waals surface area (Å²) >= 11 is 0. The molecule has 0 amide bonds. The van der Waals surface area contributed by atoms with Gasteiger partial charge in [-0.3, -0.25) is 4.90 Å². The van der Waals surface area contributed by atoms with E-state index in [-0.39, 0.29) is 0 Å². The molecule has 3 unspecified atom stereocenters. The molecule has 106 valence electrons. The Hall–Kier alpha value is -0.860. The Morgan fingerprint density at radius 3 is 2.47 bits per heavy atom. The van der Waals surface area contributed by atoms with Crippen molar-refractivity contribution in [2.45, 2.75) is 52.6 Å². The van der Waals surface area contributed by atoms with Crippen LogP contribution < -0.4 is 5.73 Å². The molecule has 0 aliphatic carbocycles. The van der Waals surface area contributed by atoms with Crippen molar-refractivity contribution < 1.29 is 0 Å². The molecule has 0 bridgehead atoms. The van der Waals surface area contributed by atoms with Gasteiger partial charge < -0.3 is 5.73 Å². The molecule has 1 aromatic rings. The van der Waals surface area contributed by atoms with Crippen molar-refractivity contribution in [1.82, 2.24) is 4.90 Å². The van der Waals surface area contributed by atoms with E-state index in [1.807, 2.05) is 0 Å². The first-order valence-electron chi connectivity index (χ1n) is 7.55. The second-order valence-electron chi connectivity index (χ2n) is 6.35. The molecule has 0 radical (unpaired) electrons. The molecule has 19 heavy (non-hydrogen) atoms. The summed E-state index contributed by atoms with van der Waals surface area (Å²) in [5.41, 5.74) is 10.1. The molecular weight excluding hydrogens is 232 g/mol. The summed E-state index contributed by atoms with van der Waals surface area (Å²) in [7, 11) is 0. The molecule has 0 aromatic heterocycles. The molecule has 1 aliphatic rings. The maximum absolute atomic E-state index is 5.99. The first kappa shape index (κ1) is 14.5. The van der Waals surface area contributed by atoms with Crippen molar-refractivity contribution in [3.8, 4) is 0 Å². The number of likely N-dealkylation sites (tertiary alicyclic amines) is 1. The molecule has 3 atom stereocenters. The van der Waals surface area contributed by atoms with E-state index in [2.05, 4.69) is 50.8 Å². The van der Waals surface area contributed by atoms with Gasteiger partial charge >= 0.3 is 0 Å². The second-order valence-corrected chi connectivity index (χ2v) is 6.35. The van der Waals surface area contributed by atoms with Crippen molar-refractivity contribution in [1.29, 1.82) is 0 Å². The molecule has 1 aromatic carbocycles. The lowest BCUT2D eigenvalue weighted by atomic mass is 9.89. The average Bonchev–Trinajstić information content (AvgIpc) is 2.36. The van der Waals surface area contributed by atoms with Crippen molar-refractivity contribution in [2.75, 3.05) is 13.1 Å².